The van der Waals surface area contributed by atoms with Crippen molar-refractivity contribution in [1.82, 2.24) is 15.1 Å². The molecule has 2 aliphatic rings. The summed E-state index contributed by atoms with van der Waals surface area (Å²) in [5, 5.41) is 5.64. The van der Waals surface area contributed by atoms with E-state index in [0.29, 0.717) is 38.3 Å². The summed E-state index contributed by atoms with van der Waals surface area (Å²) in [4.78, 5) is 39.6. The second-order valence-electron chi connectivity index (χ2n) is 6.46. The third-order valence-electron chi connectivity index (χ3n) is 4.53. The van der Waals surface area contributed by atoms with Crippen molar-refractivity contribution >= 4 is 23.5 Å². The van der Waals surface area contributed by atoms with E-state index in [1.165, 1.54) is 0 Å². The lowest BCUT2D eigenvalue weighted by Crippen LogP contribution is -2.53. The SMILES string of the molecule is CCNC(=O)N1CCN(C(=O)c2ccc(NC(=O)C3CC3)cc2)CC1. The van der Waals surface area contributed by atoms with Gasteiger partial charge in [-0.1, -0.05) is 0 Å². The lowest BCUT2D eigenvalue weighted by Gasteiger charge is -2.34. The van der Waals surface area contributed by atoms with Crippen LogP contribution < -0.4 is 10.6 Å². The Morgan fingerprint density at radius 3 is 2.16 bits per heavy atom. The Labute approximate surface area is 147 Å². The highest BCUT2D eigenvalue weighted by atomic mass is 16.2. The molecule has 134 valence electrons. The molecule has 0 radical (unpaired) electrons. The van der Waals surface area contributed by atoms with Crippen molar-refractivity contribution in [3.63, 3.8) is 0 Å². The molecule has 4 amide bonds. The maximum atomic E-state index is 12.6. The van der Waals surface area contributed by atoms with Gasteiger partial charge in [-0.25, -0.2) is 4.79 Å². The average molecular weight is 344 g/mol. The van der Waals surface area contributed by atoms with Gasteiger partial charge in [0, 0.05) is 49.9 Å². The number of benzene rings is 1. The fourth-order valence-corrected chi connectivity index (χ4v) is 2.84. The minimum atomic E-state index is -0.0784. The number of nitrogens with zero attached hydrogens (tertiary/aromatic N) is 2. The smallest absolute Gasteiger partial charge is 0.317 e. The molecule has 0 unspecified atom stereocenters. The Kier molecular flexibility index (Phi) is 5.21. The normalized spacial score (nSPS) is 17.2. The molecule has 2 N–H and O–H groups in total. The van der Waals surface area contributed by atoms with Crippen LogP contribution in [0.25, 0.3) is 0 Å². The zero-order chi connectivity index (χ0) is 17.8. The lowest BCUT2D eigenvalue weighted by molar-refractivity contribution is -0.117. The Morgan fingerprint density at radius 2 is 1.60 bits per heavy atom. The van der Waals surface area contributed by atoms with Gasteiger partial charge in [-0.15, -0.1) is 0 Å². The van der Waals surface area contributed by atoms with Gasteiger partial charge in [0.2, 0.25) is 5.91 Å². The van der Waals surface area contributed by atoms with Gasteiger partial charge in [-0.3, -0.25) is 9.59 Å². The molecule has 1 heterocycles. The van der Waals surface area contributed by atoms with Gasteiger partial charge in [0.15, 0.2) is 0 Å². The van der Waals surface area contributed by atoms with Crippen molar-refractivity contribution in [3.8, 4) is 0 Å². The van der Waals surface area contributed by atoms with Gasteiger partial charge in [-0.05, 0) is 44.0 Å². The molecule has 0 bridgehead atoms. The number of hydrogen-bond acceptors (Lipinski definition) is 3. The molecule has 2 fully saturated rings. The van der Waals surface area contributed by atoms with E-state index in [-0.39, 0.29) is 23.8 Å². The predicted molar refractivity (Wildman–Crippen MR) is 94.3 cm³/mol. The molecule has 1 saturated heterocycles. The van der Waals surface area contributed by atoms with Crippen molar-refractivity contribution in [3.05, 3.63) is 29.8 Å². The highest BCUT2D eigenvalue weighted by molar-refractivity contribution is 5.97. The van der Waals surface area contributed by atoms with Gasteiger partial charge >= 0.3 is 6.03 Å². The highest BCUT2D eigenvalue weighted by Crippen LogP contribution is 2.30. The fraction of sp³-hybridized carbons (Fsp3) is 0.500. The van der Waals surface area contributed by atoms with E-state index in [2.05, 4.69) is 10.6 Å². The summed E-state index contributed by atoms with van der Waals surface area (Å²) in [5.74, 6) is 0.165. The second kappa shape index (κ2) is 7.55. The van der Waals surface area contributed by atoms with Gasteiger partial charge < -0.3 is 20.4 Å². The molecule has 1 aromatic carbocycles. The van der Waals surface area contributed by atoms with Crippen LogP contribution in [-0.4, -0.2) is 60.4 Å². The number of carbonyl (C=O) groups excluding carboxylic acids is 3. The van der Waals surface area contributed by atoms with E-state index < -0.39 is 0 Å². The Morgan fingerprint density at radius 1 is 1.00 bits per heavy atom. The molecule has 1 aromatic rings. The summed E-state index contributed by atoms with van der Waals surface area (Å²) < 4.78 is 0. The molecular weight excluding hydrogens is 320 g/mol. The van der Waals surface area contributed by atoms with E-state index >= 15 is 0 Å². The zero-order valence-electron chi connectivity index (χ0n) is 14.5. The monoisotopic (exact) mass is 344 g/mol. The molecule has 0 spiro atoms. The van der Waals surface area contributed by atoms with E-state index in [1.54, 1.807) is 34.1 Å². The van der Waals surface area contributed by atoms with Crippen LogP contribution in [0.15, 0.2) is 24.3 Å². The van der Waals surface area contributed by atoms with Crippen molar-refractivity contribution in [2.75, 3.05) is 38.0 Å². The number of amides is 4. The Hall–Kier alpha value is -2.57. The lowest BCUT2D eigenvalue weighted by atomic mass is 10.1. The Balaban J connectivity index is 1.53. The summed E-state index contributed by atoms with van der Waals surface area (Å²) >= 11 is 0. The highest BCUT2D eigenvalue weighted by Gasteiger charge is 2.29. The van der Waals surface area contributed by atoms with Crippen molar-refractivity contribution in [2.24, 2.45) is 5.92 Å². The molecule has 7 nitrogen and oxygen atoms in total. The molecule has 0 atom stereocenters. The molecule has 1 saturated carbocycles. The number of nitrogens with one attached hydrogen (secondary N) is 2. The maximum Gasteiger partial charge on any atom is 0.317 e. The first kappa shape index (κ1) is 17.3. The first-order chi connectivity index (χ1) is 12.1. The standard InChI is InChI=1S/C18H24N4O3/c1-2-19-18(25)22-11-9-21(10-12-22)17(24)14-5-7-15(8-6-14)20-16(23)13-3-4-13/h5-8,13H,2-4,9-12H2,1H3,(H,19,25)(H,20,23). The molecular formula is C18H24N4O3. The first-order valence-electron chi connectivity index (χ1n) is 8.81. The van der Waals surface area contributed by atoms with Gasteiger partial charge in [0.1, 0.15) is 0 Å². The third kappa shape index (κ3) is 4.29. The van der Waals surface area contributed by atoms with E-state index in [0.717, 1.165) is 18.5 Å². The van der Waals surface area contributed by atoms with Crippen LogP contribution in [0.3, 0.4) is 0 Å². The number of hydrogen-bond donors (Lipinski definition) is 2. The van der Waals surface area contributed by atoms with Gasteiger partial charge in [0.05, 0.1) is 0 Å². The van der Waals surface area contributed by atoms with Crippen molar-refractivity contribution in [1.29, 1.82) is 0 Å². The largest absolute Gasteiger partial charge is 0.338 e. The average Bonchev–Trinajstić information content (AvgIpc) is 3.47. The number of anilines is 1. The quantitative estimate of drug-likeness (QED) is 0.869. The third-order valence-corrected chi connectivity index (χ3v) is 4.53. The van der Waals surface area contributed by atoms with Crippen molar-refractivity contribution in [2.45, 2.75) is 19.8 Å². The first-order valence-corrected chi connectivity index (χ1v) is 8.81. The van der Waals surface area contributed by atoms with E-state index in [9.17, 15) is 14.4 Å². The maximum absolute atomic E-state index is 12.6. The van der Waals surface area contributed by atoms with Crippen LogP contribution in [0, 0.1) is 5.92 Å². The second-order valence-corrected chi connectivity index (χ2v) is 6.46. The fourth-order valence-electron chi connectivity index (χ4n) is 2.84. The number of rotatable bonds is 4. The summed E-state index contributed by atoms with van der Waals surface area (Å²) in [5.41, 5.74) is 1.31. The topological polar surface area (TPSA) is 81.8 Å². The van der Waals surface area contributed by atoms with Crippen molar-refractivity contribution < 1.29 is 14.4 Å². The van der Waals surface area contributed by atoms with Crippen LogP contribution in [-0.2, 0) is 4.79 Å². The van der Waals surface area contributed by atoms with Crippen LogP contribution >= 0.6 is 0 Å². The van der Waals surface area contributed by atoms with E-state index in [1.807, 2.05) is 6.92 Å². The molecule has 0 aromatic heterocycles. The van der Waals surface area contributed by atoms with Gasteiger partial charge in [0.25, 0.3) is 5.91 Å². The number of urea groups is 1. The minimum Gasteiger partial charge on any atom is -0.338 e. The number of carbonyl (C=O) groups is 3. The molecule has 25 heavy (non-hydrogen) atoms. The summed E-state index contributed by atoms with van der Waals surface area (Å²) in [6.45, 7) is 4.60. The van der Waals surface area contributed by atoms with Gasteiger partial charge in [-0.2, -0.15) is 0 Å². The van der Waals surface area contributed by atoms with Crippen LogP contribution in [0.2, 0.25) is 0 Å². The molecule has 7 heteroatoms. The molecule has 1 aliphatic carbocycles. The predicted octanol–water partition coefficient (Wildman–Crippen LogP) is 1.52. The zero-order valence-corrected chi connectivity index (χ0v) is 14.5. The van der Waals surface area contributed by atoms with Crippen LogP contribution in [0.5, 0.6) is 0 Å². The van der Waals surface area contributed by atoms with Crippen LogP contribution in [0.1, 0.15) is 30.1 Å². The summed E-state index contributed by atoms with van der Waals surface area (Å²) in [6.07, 6.45) is 1.93. The van der Waals surface area contributed by atoms with E-state index in [4.69, 9.17) is 0 Å². The molecule has 3 rings (SSSR count). The number of piperazine rings is 1. The summed E-state index contributed by atoms with van der Waals surface area (Å²) in [6, 6.07) is 6.92. The molecule has 1 aliphatic heterocycles. The Bertz CT molecular complexity index is 647. The minimum absolute atomic E-state index is 0.0457. The summed E-state index contributed by atoms with van der Waals surface area (Å²) in [7, 11) is 0. The van der Waals surface area contributed by atoms with Crippen LogP contribution in [0.4, 0.5) is 10.5 Å².